The highest BCUT2D eigenvalue weighted by Crippen LogP contribution is 2.38. The number of pyridine rings is 1. The van der Waals surface area contributed by atoms with E-state index >= 15 is 0 Å². The summed E-state index contributed by atoms with van der Waals surface area (Å²) in [4.78, 5) is 16.1. The highest BCUT2D eigenvalue weighted by Gasteiger charge is 2.28. The monoisotopic (exact) mass is 873 g/mol. The van der Waals surface area contributed by atoms with Gasteiger partial charge in [0.15, 0.2) is 30.2 Å². The minimum atomic E-state index is -3.83. The summed E-state index contributed by atoms with van der Waals surface area (Å²) in [7, 11) is -3.83. The van der Waals surface area contributed by atoms with E-state index in [2.05, 4.69) is 9.62 Å². The zero-order valence-electron chi connectivity index (χ0n) is 31.8. The van der Waals surface area contributed by atoms with E-state index in [1.54, 1.807) is 0 Å². The lowest BCUT2D eigenvalue weighted by molar-refractivity contribution is -0.605. The third kappa shape index (κ3) is 13.4. The Bertz CT molecular complexity index is 1930. The second kappa shape index (κ2) is 21.0. The number of ether oxygens (including phenoxy) is 7. The number of esters is 1. The number of anilines is 1. The van der Waals surface area contributed by atoms with Crippen molar-refractivity contribution in [3.05, 3.63) is 80.7 Å². The smallest absolute Gasteiger partial charge is 0.387 e. The van der Waals surface area contributed by atoms with Crippen molar-refractivity contribution in [2.45, 2.75) is 64.0 Å². The van der Waals surface area contributed by atoms with Gasteiger partial charge in [-0.2, -0.15) is 13.5 Å². The molecule has 3 fully saturated rings. The number of nitrogens with one attached hydrogen (secondary N) is 1. The lowest BCUT2D eigenvalue weighted by Crippen LogP contribution is -2.37. The predicted octanol–water partition coefficient (Wildman–Crippen LogP) is 6.54. The Hall–Kier alpha value is -3.71. The first-order chi connectivity index (χ1) is 27.9. The molecule has 318 valence electrons. The standard InChI is InChI=1S/C39H47Cl2F2N3O11S/c40-30-23-46(48)24-31(41)29(30)22-34(27-8-10-33(57-39(42)43)36(20-27)55-25-26-5-6-26)56-38(47)28-7-9-32(35(21-28)52-17-18-54-37-4-1-2-14-53-37)44-58(49,50)19-3-11-45-12-15-51-16-13-45/h7-10,20-21,23-24,26,34,37,39,44H,1-6,11-19,22,25H2/t34-,37?/m0/s1. The topological polar surface area (TPSA) is 158 Å². The lowest BCUT2D eigenvalue weighted by Gasteiger charge is -2.26. The van der Waals surface area contributed by atoms with Crippen LogP contribution in [0.1, 0.15) is 66.1 Å². The Balaban J connectivity index is 1.24. The summed E-state index contributed by atoms with van der Waals surface area (Å²) in [6.45, 7) is 1.16. The van der Waals surface area contributed by atoms with Crippen molar-refractivity contribution in [3.8, 4) is 17.2 Å². The summed E-state index contributed by atoms with van der Waals surface area (Å²) >= 11 is 12.9. The number of benzene rings is 2. The number of hydrogen-bond acceptors (Lipinski definition) is 12. The Kier molecular flexibility index (Phi) is 15.9. The minimum Gasteiger partial charge on any atom is -0.619 e. The fraction of sp³-hybridized carbons (Fsp3) is 0.538. The SMILES string of the molecule is O=C(O[C@@H](Cc1c(Cl)c[n+]([O-])cc1Cl)c1ccc(OC(F)F)c(OCC2CC2)c1)c1ccc(NS(=O)(=O)CCCN2CCOCC2)c(OCCOC2CCCCO2)c1. The number of hydrogen-bond donors (Lipinski definition) is 1. The molecule has 0 bridgehead atoms. The van der Waals surface area contributed by atoms with Gasteiger partial charge in [0.2, 0.25) is 10.0 Å². The van der Waals surface area contributed by atoms with E-state index in [0.717, 1.165) is 57.6 Å². The van der Waals surface area contributed by atoms with Crippen LogP contribution in [0, 0.1) is 11.1 Å². The molecule has 1 saturated carbocycles. The van der Waals surface area contributed by atoms with E-state index in [1.807, 2.05) is 0 Å². The zero-order chi connectivity index (χ0) is 41.1. The number of carbonyl (C=O) groups excluding carboxylic acids is 1. The quantitative estimate of drug-likeness (QED) is 0.0534. The van der Waals surface area contributed by atoms with Gasteiger partial charge in [0.1, 0.15) is 28.5 Å². The number of morpholine rings is 1. The molecule has 2 atom stereocenters. The second-order valence-electron chi connectivity index (χ2n) is 14.2. The normalized spacial score (nSPS) is 18.1. The van der Waals surface area contributed by atoms with E-state index in [0.29, 0.717) is 43.1 Å². The van der Waals surface area contributed by atoms with Crippen molar-refractivity contribution in [3.63, 3.8) is 0 Å². The van der Waals surface area contributed by atoms with Crippen LogP contribution in [0.15, 0.2) is 48.8 Å². The third-order valence-electron chi connectivity index (χ3n) is 9.68. The fourth-order valence-corrected chi connectivity index (χ4v) is 8.12. The number of alkyl halides is 2. The van der Waals surface area contributed by atoms with Crippen LogP contribution in [-0.2, 0) is 35.4 Å². The Morgan fingerprint density at radius 2 is 1.74 bits per heavy atom. The minimum absolute atomic E-state index is 0.00249. The van der Waals surface area contributed by atoms with Crippen LogP contribution < -0.4 is 23.7 Å². The molecule has 2 aromatic carbocycles. The highest BCUT2D eigenvalue weighted by molar-refractivity contribution is 7.92. The number of halogens is 4. The molecule has 0 spiro atoms. The van der Waals surface area contributed by atoms with E-state index in [4.69, 9.17) is 56.4 Å². The highest BCUT2D eigenvalue weighted by atomic mass is 35.5. The van der Waals surface area contributed by atoms with Crippen LogP contribution >= 0.6 is 23.2 Å². The van der Waals surface area contributed by atoms with Crippen molar-refractivity contribution < 1.29 is 59.9 Å². The van der Waals surface area contributed by atoms with E-state index in [1.165, 1.54) is 36.4 Å². The summed E-state index contributed by atoms with van der Waals surface area (Å²) in [5.74, 6) is -0.851. The molecule has 6 rings (SSSR count). The summed E-state index contributed by atoms with van der Waals surface area (Å²) in [6, 6.07) is 8.32. The molecule has 14 nitrogen and oxygen atoms in total. The van der Waals surface area contributed by atoms with Crippen molar-refractivity contribution in [1.29, 1.82) is 0 Å². The number of rotatable bonds is 21. The van der Waals surface area contributed by atoms with Gasteiger partial charge in [-0.3, -0.25) is 9.62 Å². The van der Waals surface area contributed by atoms with Gasteiger partial charge in [-0.1, -0.05) is 29.3 Å². The number of aromatic nitrogens is 1. The van der Waals surface area contributed by atoms with Crippen LogP contribution in [0.25, 0.3) is 0 Å². The molecule has 1 N–H and O–H groups in total. The molecule has 2 aliphatic heterocycles. The maximum atomic E-state index is 14.0. The molecule has 19 heteroatoms. The lowest BCUT2D eigenvalue weighted by atomic mass is 10.0. The molecule has 1 aromatic heterocycles. The summed E-state index contributed by atoms with van der Waals surface area (Å²) in [5, 5.41) is 12.0. The van der Waals surface area contributed by atoms with Crippen LogP contribution in [0.4, 0.5) is 14.5 Å². The Morgan fingerprint density at radius 3 is 2.45 bits per heavy atom. The van der Waals surface area contributed by atoms with Crippen LogP contribution in [-0.4, -0.2) is 97.2 Å². The molecule has 0 amide bonds. The first-order valence-corrected chi connectivity index (χ1v) is 21.6. The van der Waals surface area contributed by atoms with E-state index < -0.39 is 28.7 Å². The van der Waals surface area contributed by atoms with Gasteiger partial charge < -0.3 is 38.4 Å². The van der Waals surface area contributed by atoms with Gasteiger partial charge in [0.25, 0.3) is 0 Å². The van der Waals surface area contributed by atoms with E-state index in [9.17, 15) is 27.2 Å². The molecule has 0 radical (unpaired) electrons. The molecule has 3 aliphatic rings. The number of carbonyl (C=O) groups is 1. The molecule has 1 unspecified atom stereocenters. The Morgan fingerprint density at radius 1 is 0.966 bits per heavy atom. The molecular weight excluding hydrogens is 827 g/mol. The number of sulfonamides is 1. The fourth-order valence-electron chi connectivity index (χ4n) is 6.41. The summed E-state index contributed by atoms with van der Waals surface area (Å²) in [6.07, 6.45) is 5.48. The van der Waals surface area contributed by atoms with Gasteiger partial charge >= 0.3 is 12.6 Å². The molecule has 2 saturated heterocycles. The summed E-state index contributed by atoms with van der Waals surface area (Å²) in [5.41, 5.74) is 0.712. The van der Waals surface area contributed by atoms with E-state index in [-0.39, 0.29) is 88.3 Å². The maximum absolute atomic E-state index is 14.0. The Labute approximate surface area is 346 Å². The van der Waals surface area contributed by atoms with Crippen molar-refractivity contribution >= 4 is 44.9 Å². The second-order valence-corrected chi connectivity index (χ2v) is 16.8. The average molecular weight is 875 g/mol. The van der Waals surface area contributed by atoms with Crippen molar-refractivity contribution in [2.24, 2.45) is 5.92 Å². The van der Waals surface area contributed by atoms with Crippen LogP contribution in [0.2, 0.25) is 10.0 Å². The van der Waals surface area contributed by atoms with Crippen LogP contribution in [0.5, 0.6) is 17.2 Å². The third-order valence-corrected chi connectivity index (χ3v) is 11.7. The number of nitrogens with zero attached hydrogens (tertiary/aromatic N) is 2. The largest absolute Gasteiger partial charge is 0.619 e. The molecule has 3 aromatic rings. The molecule has 3 heterocycles. The van der Waals surface area contributed by atoms with Gasteiger partial charge in [0.05, 0.1) is 43.4 Å². The molecule has 58 heavy (non-hydrogen) atoms. The van der Waals surface area contributed by atoms with Gasteiger partial charge in [-0.15, -0.1) is 0 Å². The average Bonchev–Trinajstić information content (AvgIpc) is 4.03. The molecule has 1 aliphatic carbocycles. The predicted molar refractivity (Wildman–Crippen MR) is 209 cm³/mol. The van der Waals surface area contributed by atoms with Gasteiger partial charge in [-0.05, 0) is 86.9 Å². The van der Waals surface area contributed by atoms with Crippen LogP contribution in [0.3, 0.4) is 0 Å². The maximum Gasteiger partial charge on any atom is 0.387 e. The first kappa shape index (κ1) is 43.9. The zero-order valence-corrected chi connectivity index (χ0v) is 34.1. The molecular formula is C39H47Cl2F2N3O11S. The summed E-state index contributed by atoms with van der Waals surface area (Å²) < 4.78 is 95.6. The van der Waals surface area contributed by atoms with Crippen molar-refractivity contribution in [2.75, 3.05) is 69.8 Å². The van der Waals surface area contributed by atoms with Gasteiger partial charge in [0, 0.05) is 31.7 Å². The van der Waals surface area contributed by atoms with Gasteiger partial charge in [-0.25, -0.2) is 13.2 Å². The first-order valence-electron chi connectivity index (χ1n) is 19.2. The van der Waals surface area contributed by atoms with Crippen molar-refractivity contribution in [1.82, 2.24) is 4.90 Å².